The number of nitrogens with zero attached hydrogens (tertiary/aromatic N) is 3. The molecule has 0 bridgehead atoms. The average Bonchev–Trinajstić information content (AvgIpc) is 2.73. The smallest absolute Gasteiger partial charge is 0.309 e. The standard InChI is InChI=1S/C14H19N3O3/c1-2-20-14(19)12-3-5-17(6-4-12)13-9-15-7-11(10-18)8-16-13/h8-10,12H,2-7H2,1H3. The highest BCUT2D eigenvalue weighted by Gasteiger charge is 2.27. The van der Waals surface area contributed by atoms with E-state index < -0.39 is 0 Å². The SMILES string of the molecule is CCOC(=O)C1CCN(C2=NC=C(C=O)CN=C2)CC1. The van der Waals surface area contributed by atoms with Crippen molar-refractivity contribution in [1.82, 2.24) is 4.90 Å². The van der Waals surface area contributed by atoms with Gasteiger partial charge in [0, 0.05) is 24.9 Å². The third-order valence-electron chi connectivity index (χ3n) is 3.43. The summed E-state index contributed by atoms with van der Waals surface area (Å²) in [5, 5.41) is 0. The fraction of sp³-hybridized carbons (Fsp3) is 0.571. The van der Waals surface area contributed by atoms with Gasteiger partial charge in [-0.2, -0.15) is 0 Å². The van der Waals surface area contributed by atoms with Gasteiger partial charge in [-0.05, 0) is 19.8 Å². The number of carbonyl (C=O) groups excluding carboxylic acids is 2. The van der Waals surface area contributed by atoms with E-state index in [1.165, 1.54) is 0 Å². The summed E-state index contributed by atoms with van der Waals surface area (Å²) < 4.78 is 5.05. The number of esters is 1. The molecule has 0 unspecified atom stereocenters. The normalized spacial score (nSPS) is 19.9. The highest BCUT2D eigenvalue weighted by Crippen LogP contribution is 2.19. The molecule has 20 heavy (non-hydrogen) atoms. The third-order valence-corrected chi connectivity index (χ3v) is 3.43. The monoisotopic (exact) mass is 277 g/mol. The molecule has 0 N–H and O–H groups in total. The Kier molecular flexibility index (Phi) is 5.03. The van der Waals surface area contributed by atoms with Gasteiger partial charge in [0.25, 0.3) is 0 Å². The number of amidine groups is 1. The molecule has 2 aliphatic rings. The Bertz CT molecular complexity index is 460. The lowest BCUT2D eigenvalue weighted by atomic mass is 9.97. The van der Waals surface area contributed by atoms with Gasteiger partial charge in [-0.25, -0.2) is 4.99 Å². The zero-order valence-corrected chi connectivity index (χ0v) is 11.6. The third kappa shape index (κ3) is 3.53. The number of piperidine rings is 1. The number of aliphatic imine (C=N–C) groups is 2. The minimum atomic E-state index is -0.105. The first-order valence-corrected chi connectivity index (χ1v) is 6.88. The van der Waals surface area contributed by atoms with Crippen molar-refractivity contribution < 1.29 is 14.3 Å². The van der Waals surface area contributed by atoms with E-state index in [9.17, 15) is 9.59 Å². The van der Waals surface area contributed by atoms with Crippen LogP contribution >= 0.6 is 0 Å². The van der Waals surface area contributed by atoms with Gasteiger partial charge in [-0.3, -0.25) is 14.6 Å². The number of aldehydes is 1. The minimum absolute atomic E-state index is 0.0180. The molecule has 6 heteroatoms. The molecule has 0 aromatic heterocycles. The van der Waals surface area contributed by atoms with Crippen molar-refractivity contribution in [2.75, 3.05) is 26.2 Å². The van der Waals surface area contributed by atoms with Crippen LogP contribution in [0.1, 0.15) is 19.8 Å². The highest BCUT2D eigenvalue weighted by molar-refractivity contribution is 6.29. The molecule has 0 aliphatic carbocycles. The molecule has 108 valence electrons. The molecular weight excluding hydrogens is 258 g/mol. The van der Waals surface area contributed by atoms with Gasteiger partial charge >= 0.3 is 5.97 Å². The minimum Gasteiger partial charge on any atom is -0.466 e. The molecule has 0 saturated carbocycles. The fourth-order valence-electron chi connectivity index (χ4n) is 2.29. The van der Waals surface area contributed by atoms with Gasteiger partial charge in [0.2, 0.25) is 0 Å². The molecule has 6 nitrogen and oxygen atoms in total. The van der Waals surface area contributed by atoms with E-state index in [2.05, 4.69) is 14.9 Å². The highest BCUT2D eigenvalue weighted by atomic mass is 16.5. The lowest BCUT2D eigenvalue weighted by Gasteiger charge is -2.31. The molecule has 0 atom stereocenters. The second-order valence-corrected chi connectivity index (χ2v) is 4.79. The summed E-state index contributed by atoms with van der Waals surface area (Å²) in [6.07, 6.45) is 5.55. The molecule has 0 spiro atoms. The molecule has 0 radical (unpaired) electrons. The van der Waals surface area contributed by atoms with Crippen LogP contribution in [0, 0.1) is 5.92 Å². The average molecular weight is 277 g/mol. The van der Waals surface area contributed by atoms with Gasteiger partial charge in [-0.15, -0.1) is 0 Å². The van der Waals surface area contributed by atoms with Crippen molar-refractivity contribution in [1.29, 1.82) is 0 Å². The van der Waals surface area contributed by atoms with Crippen molar-refractivity contribution in [3.63, 3.8) is 0 Å². The van der Waals surface area contributed by atoms with Crippen LogP contribution in [-0.2, 0) is 14.3 Å². The zero-order valence-electron chi connectivity index (χ0n) is 11.6. The Morgan fingerprint density at radius 2 is 2.25 bits per heavy atom. The van der Waals surface area contributed by atoms with Crippen LogP contribution < -0.4 is 0 Å². The van der Waals surface area contributed by atoms with Gasteiger partial charge in [0.05, 0.1) is 25.3 Å². The second kappa shape index (κ2) is 6.98. The van der Waals surface area contributed by atoms with Gasteiger partial charge in [0.1, 0.15) is 12.1 Å². The summed E-state index contributed by atoms with van der Waals surface area (Å²) in [5.41, 5.74) is 0.567. The first-order chi connectivity index (χ1) is 9.74. The number of likely N-dealkylation sites (tertiary alicyclic amines) is 1. The van der Waals surface area contributed by atoms with E-state index in [0.29, 0.717) is 18.7 Å². The quantitative estimate of drug-likeness (QED) is 0.566. The van der Waals surface area contributed by atoms with E-state index >= 15 is 0 Å². The van der Waals surface area contributed by atoms with Crippen LogP contribution in [0.5, 0.6) is 0 Å². The van der Waals surface area contributed by atoms with Crippen LogP contribution in [0.3, 0.4) is 0 Å². The first kappa shape index (κ1) is 14.4. The summed E-state index contributed by atoms with van der Waals surface area (Å²) in [7, 11) is 0. The van der Waals surface area contributed by atoms with Gasteiger partial charge in [0.15, 0.2) is 0 Å². The van der Waals surface area contributed by atoms with Crippen LogP contribution in [0.25, 0.3) is 0 Å². The maximum absolute atomic E-state index is 11.7. The zero-order chi connectivity index (χ0) is 14.4. The number of hydrogen-bond donors (Lipinski definition) is 0. The van der Waals surface area contributed by atoms with Crippen molar-refractivity contribution >= 4 is 24.3 Å². The summed E-state index contributed by atoms with van der Waals surface area (Å²) >= 11 is 0. The topological polar surface area (TPSA) is 71.3 Å². The molecule has 0 amide bonds. The molecule has 2 aliphatic heterocycles. The van der Waals surface area contributed by atoms with E-state index in [1.807, 2.05) is 6.92 Å². The Morgan fingerprint density at radius 3 is 2.90 bits per heavy atom. The lowest BCUT2D eigenvalue weighted by Crippen LogP contribution is -2.41. The molecule has 1 fully saturated rings. The largest absolute Gasteiger partial charge is 0.466 e. The predicted molar refractivity (Wildman–Crippen MR) is 75.9 cm³/mol. The Labute approximate surface area is 118 Å². The Morgan fingerprint density at radius 1 is 1.50 bits per heavy atom. The Hall–Kier alpha value is -1.98. The lowest BCUT2D eigenvalue weighted by molar-refractivity contribution is -0.149. The maximum atomic E-state index is 11.7. The second-order valence-electron chi connectivity index (χ2n) is 4.79. The predicted octanol–water partition coefficient (Wildman–Crippen LogP) is 0.827. The van der Waals surface area contributed by atoms with Crippen molar-refractivity contribution in [2.24, 2.45) is 15.9 Å². The van der Waals surface area contributed by atoms with E-state index in [1.54, 1.807) is 12.4 Å². The summed E-state index contributed by atoms with van der Waals surface area (Å²) in [6, 6.07) is 0. The van der Waals surface area contributed by atoms with E-state index in [0.717, 1.165) is 38.1 Å². The summed E-state index contributed by atoms with van der Waals surface area (Å²) in [6.45, 7) is 4.12. The van der Waals surface area contributed by atoms with Crippen LogP contribution in [0.15, 0.2) is 21.8 Å². The van der Waals surface area contributed by atoms with Crippen LogP contribution in [0.2, 0.25) is 0 Å². The van der Waals surface area contributed by atoms with E-state index in [-0.39, 0.29) is 11.9 Å². The van der Waals surface area contributed by atoms with Crippen molar-refractivity contribution in [3.8, 4) is 0 Å². The number of carbonyl (C=O) groups is 2. The Balaban J connectivity index is 1.94. The summed E-state index contributed by atoms with van der Waals surface area (Å²) in [4.78, 5) is 32.9. The number of rotatable bonds is 3. The summed E-state index contributed by atoms with van der Waals surface area (Å²) in [5.74, 6) is 0.631. The number of hydrogen-bond acceptors (Lipinski definition) is 6. The maximum Gasteiger partial charge on any atom is 0.309 e. The van der Waals surface area contributed by atoms with Gasteiger partial charge in [-0.1, -0.05) is 0 Å². The van der Waals surface area contributed by atoms with Crippen molar-refractivity contribution in [2.45, 2.75) is 19.8 Å². The van der Waals surface area contributed by atoms with Crippen LogP contribution in [0.4, 0.5) is 0 Å². The molecule has 1 saturated heterocycles. The molecule has 2 rings (SSSR count). The molecule has 0 aromatic carbocycles. The van der Waals surface area contributed by atoms with E-state index in [4.69, 9.17) is 4.74 Å². The molecule has 0 aromatic rings. The fourth-order valence-corrected chi connectivity index (χ4v) is 2.29. The van der Waals surface area contributed by atoms with Crippen molar-refractivity contribution in [3.05, 3.63) is 11.8 Å². The van der Waals surface area contributed by atoms with Gasteiger partial charge < -0.3 is 9.64 Å². The van der Waals surface area contributed by atoms with Crippen LogP contribution in [-0.4, -0.2) is 55.4 Å². The molecular formula is C14H19N3O3. The molecule has 2 heterocycles. The number of ether oxygens (including phenoxy) is 1. The first-order valence-electron chi connectivity index (χ1n) is 6.88.